The molecule has 9 heteroatoms. The second-order valence-electron chi connectivity index (χ2n) is 7.10. The summed E-state index contributed by atoms with van der Waals surface area (Å²) < 4.78 is 46.3. The summed E-state index contributed by atoms with van der Waals surface area (Å²) in [5.74, 6) is 0.872. The summed E-state index contributed by atoms with van der Waals surface area (Å²) in [6.07, 6.45) is 2.04. The van der Waals surface area contributed by atoms with Crippen molar-refractivity contribution in [2.24, 2.45) is 0 Å². The van der Waals surface area contributed by atoms with Crippen LogP contribution in [0, 0.1) is 5.82 Å². The molecular formula is C19H23FN4O3S. The monoisotopic (exact) mass is 406 g/mol. The van der Waals surface area contributed by atoms with Crippen molar-refractivity contribution < 1.29 is 17.5 Å². The number of nitrogens with zero attached hydrogens (tertiary/aromatic N) is 3. The Morgan fingerprint density at radius 2 is 1.96 bits per heavy atom. The van der Waals surface area contributed by atoms with E-state index in [1.807, 2.05) is 7.05 Å². The lowest BCUT2D eigenvalue weighted by molar-refractivity contribution is 0.222. The van der Waals surface area contributed by atoms with E-state index in [1.165, 1.54) is 22.6 Å². The maximum Gasteiger partial charge on any atom is 0.244 e. The number of hydrogen-bond donors (Lipinski definition) is 1. The number of pyridine rings is 1. The molecule has 1 aromatic carbocycles. The van der Waals surface area contributed by atoms with Gasteiger partial charge < -0.3 is 15.0 Å². The van der Waals surface area contributed by atoms with Gasteiger partial charge in [-0.3, -0.25) is 0 Å². The van der Waals surface area contributed by atoms with Crippen LogP contribution in [-0.2, 0) is 10.0 Å². The zero-order valence-electron chi connectivity index (χ0n) is 15.6. The predicted molar refractivity (Wildman–Crippen MR) is 103 cm³/mol. The smallest absolute Gasteiger partial charge is 0.244 e. The standard InChI is InChI=1S/C19H23FN4O3S/c1-23-7-9-24(10-8-23)28(25,26)15-3-5-19(21-13-15)22-17-6-11-27-18-4-2-14(20)12-16(17)18/h2-5,12-13,17H,6-11H2,1H3,(H,21,22). The van der Waals surface area contributed by atoms with Crippen LogP contribution in [0.3, 0.4) is 0 Å². The maximum absolute atomic E-state index is 13.6. The first kappa shape index (κ1) is 19.1. The highest BCUT2D eigenvalue weighted by Crippen LogP contribution is 2.34. The van der Waals surface area contributed by atoms with Crippen LogP contribution in [0.15, 0.2) is 41.4 Å². The second kappa shape index (κ2) is 7.65. The van der Waals surface area contributed by atoms with Gasteiger partial charge in [-0.25, -0.2) is 17.8 Å². The van der Waals surface area contributed by atoms with Crippen molar-refractivity contribution >= 4 is 15.8 Å². The average molecular weight is 406 g/mol. The van der Waals surface area contributed by atoms with E-state index >= 15 is 0 Å². The molecule has 0 spiro atoms. The molecule has 0 radical (unpaired) electrons. The number of aromatic nitrogens is 1. The number of ether oxygens (including phenoxy) is 1. The van der Waals surface area contributed by atoms with E-state index in [0.29, 0.717) is 50.8 Å². The molecule has 3 heterocycles. The van der Waals surface area contributed by atoms with E-state index in [1.54, 1.807) is 18.2 Å². The number of nitrogens with one attached hydrogen (secondary N) is 1. The summed E-state index contributed by atoms with van der Waals surface area (Å²) in [6, 6.07) is 7.52. The third-order valence-electron chi connectivity index (χ3n) is 5.17. The van der Waals surface area contributed by atoms with Crippen LogP contribution in [0.5, 0.6) is 5.75 Å². The Balaban J connectivity index is 1.50. The van der Waals surface area contributed by atoms with Gasteiger partial charge in [-0.2, -0.15) is 4.31 Å². The molecule has 0 aliphatic carbocycles. The number of likely N-dealkylation sites (N-methyl/N-ethyl adjacent to an activating group) is 1. The quantitative estimate of drug-likeness (QED) is 0.838. The van der Waals surface area contributed by atoms with Crippen molar-refractivity contribution in [2.45, 2.75) is 17.4 Å². The highest BCUT2D eigenvalue weighted by atomic mass is 32.2. The van der Waals surface area contributed by atoms with Gasteiger partial charge in [0.25, 0.3) is 0 Å². The molecule has 1 aromatic heterocycles. The van der Waals surface area contributed by atoms with Crippen molar-refractivity contribution in [2.75, 3.05) is 45.2 Å². The number of halogens is 1. The molecule has 4 rings (SSSR count). The summed E-state index contributed by atoms with van der Waals surface area (Å²) in [5.41, 5.74) is 0.738. The number of anilines is 1. The molecular weight excluding hydrogens is 383 g/mol. The summed E-state index contributed by atoms with van der Waals surface area (Å²) >= 11 is 0. The summed E-state index contributed by atoms with van der Waals surface area (Å²) in [7, 11) is -1.56. The van der Waals surface area contributed by atoms with Gasteiger partial charge in [0.1, 0.15) is 22.3 Å². The molecule has 2 aromatic rings. The van der Waals surface area contributed by atoms with E-state index in [9.17, 15) is 12.8 Å². The molecule has 1 unspecified atom stereocenters. The zero-order valence-corrected chi connectivity index (χ0v) is 16.5. The topological polar surface area (TPSA) is 74.8 Å². The van der Waals surface area contributed by atoms with Gasteiger partial charge in [-0.1, -0.05) is 0 Å². The molecule has 0 bridgehead atoms. The van der Waals surface area contributed by atoms with E-state index in [0.717, 1.165) is 5.56 Å². The van der Waals surface area contributed by atoms with Crippen molar-refractivity contribution in [3.8, 4) is 5.75 Å². The van der Waals surface area contributed by atoms with Crippen LogP contribution in [0.25, 0.3) is 0 Å². The average Bonchev–Trinajstić information content (AvgIpc) is 2.69. The Morgan fingerprint density at radius 1 is 1.18 bits per heavy atom. The molecule has 1 atom stereocenters. The second-order valence-corrected chi connectivity index (χ2v) is 9.04. The number of piperazine rings is 1. The van der Waals surface area contributed by atoms with Gasteiger partial charge in [0.05, 0.1) is 12.6 Å². The van der Waals surface area contributed by atoms with E-state index in [4.69, 9.17) is 4.74 Å². The first-order valence-corrected chi connectivity index (χ1v) is 10.7. The van der Waals surface area contributed by atoms with Gasteiger partial charge in [0.15, 0.2) is 0 Å². The van der Waals surface area contributed by atoms with E-state index in [2.05, 4.69) is 15.2 Å². The van der Waals surface area contributed by atoms with Crippen LogP contribution in [0.1, 0.15) is 18.0 Å². The Morgan fingerprint density at radius 3 is 2.68 bits per heavy atom. The molecule has 28 heavy (non-hydrogen) atoms. The van der Waals surface area contributed by atoms with Crippen LogP contribution >= 0.6 is 0 Å². The predicted octanol–water partition coefficient (Wildman–Crippen LogP) is 2.09. The lowest BCUT2D eigenvalue weighted by Gasteiger charge is -2.31. The Bertz CT molecular complexity index is 944. The van der Waals surface area contributed by atoms with Crippen molar-refractivity contribution in [3.05, 3.63) is 47.9 Å². The molecule has 150 valence electrons. The van der Waals surface area contributed by atoms with Gasteiger partial charge in [0.2, 0.25) is 10.0 Å². The number of hydrogen-bond acceptors (Lipinski definition) is 6. The first-order valence-electron chi connectivity index (χ1n) is 9.27. The number of fused-ring (bicyclic) bond motifs is 1. The molecule has 1 saturated heterocycles. The normalized spacial score (nSPS) is 21.0. The van der Waals surface area contributed by atoms with Crippen LogP contribution < -0.4 is 10.1 Å². The maximum atomic E-state index is 13.6. The van der Waals surface area contributed by atoms with E-state index < -0.39 is 10.0 Å². The summed E-state index contributed by atoms with van der Waals surface area (Å²) in [6.45, 7) is 2.90. The summed E-state index contributed by atoms with van der Waals surface area (Å²) in [4.78, 5) is 6.57. The Labute approximate surface area is 164 Å². The fraction of sp³-hybridized carbons (Fsp3) is 0.421. The third kappa shape index (κ3) is 3.82. The van der Waals surface area contributed by atoms with Gasteiger partial charge in [-0.05, 0) is 37.4 Å². The molecule has 2 aliphatic heterocycles. The first-order chi connectivity index (χ1) is 13.4. The van der Waals surface area contributed by atoms with Gasteiger partial charge >= 0.3 is 0 Å². The fourth-order valence-electron chi connectivity index (χ4n) is 3.49. The summed E-state index contributed by atoms with van der Waals surface area (Å²) in [5, 5.41) is 3.26. The number of rotatable bonds is 4. The minimum atomic E-state index is -3.54. The minimum absolute atomic E-state index is 0.146. The zero-order chi connectivity index (χ0) is 19.7. The molecule has 1 N–H and O–H groups in total. The van der Waals surface area contributed by atoms with Crippen LogP contribution in [-0.4, -0.2) is 62.4 Å². The van der Waals surface area contributed by atoms with E-state index in [-0.39, 0.29) is 16.8 Å². The van der Waals surface area contributed by atoms with Crippen molar-refractivity contribution in [1.29, 1.82) is 0 Å². The van der Waals surface area contributed by atoms with Gasteiger partial charge in [-0.15, -0.1) is 0 Å². The number of sulfonamides is 1. The minimum Gasteiger partial charge on any atom is -0.493 e. The van der Waals surface area contributed by atoms with Gasteiger partial charge in [0, 0.05) is 44.4 Å². The molecule has 2 aliphatic rings. The third-order valence-corrected chi connectivity index (χ3v) is 7.05. The Hall–Kier alpha value is -2.23. The van der Waals surface area contributed by atoms with Crippen LogP contribution in [0.2, 0.25) is 0 Å². The molecule has 7 nitrogen and oxygen atoms in total. The number of benzene rings is 1. The molecule has 0 saturated carbocycles. The SMILES string of the molecule is CN1CCN(S(=O)(=O)c2ccc(NC3CCOc4ccc(F)cc43)nc2)CC1. The fourth-order valence-corrected chi connectivity index (χ4v) is 4.86. The molecule has 1 fully saturated rings. The largest absolute Gasteiger partial charge is 0.493 e. The molecule has 0 amide bonds. The van der Waals surface area contributed by atoms with Crippen LogP contribution in [0.4, 0.5) is 10.2 Å². The lowest BCUT2D eigenvalue weighted by atomic mass is 10.0. The highest BCUT2D eigenvalue weighted by molar-refractivity contribution is 7.89. The lowest BCUT2D eigenvalue weighted by Crippen LogP contribution is -2.47. The van der Waals surface area contributed by atoms with Crippen molar-refractivity contribution in [3.63, 3.8) is 0 Å². The Kier molecular flexibility index (Phi) is 5.22. The highest BCUT2D eigenvalue weighted by Gasteiger charge is 2.28. The van der Waals surface area contributed by atoms with Crippen molar-refractivity contribution in [1.82, 2.24) is 14.2 Å².